The summed E-state index contributed by atoms with van der Waals surface area (Å²) in [4.78, 5) is 0. The maximum absolute atomic E-state index is 5.65. The summed E-state index contributed by atoms with van der Waals surface area (Å²) in [5.74, 6) is 1.69. The highest BCUT2D eigenvalue weighted by atomic mass is 16.5. The zero-order valence-electron chi connectivity index (χ0n) is 9.55. The fourth-order valence-electron chi connectivity index (χ4n) is 1.88. The van der Waals surface area contributed by atoms with Gasteiger partial charge in [-0.25, -0.2) is 0 Å². The number of fused-ring (bicyclic) bond motifs is 1. The van der Waals surface area contributed by atoms with Crippen molar-refractivity contribution in [1.29, 1.82) is 0 Å². The molecule has 0 fully saturated rings. The Balaban J connectivity index is 2.27. The molecule has 0 amide bonds. The number of ether oxygens (including phenoxy) is 1. The van der Waals surface area contributed by atoms with Gasteiger partial charge in [0.2, 0.25) is 0 Å². The van der Waals surface area contributed by atoms with Crippen LogP contribution in [0.5, 0.6) is 5.75 Å². The van der Waals surface area contributed by atoms with Crippen LogP contribution in [0.3, 0.4) is 0 Å². The number of hydrogen-bond acceptors (Lipinski definition) is 2. The van der Waals surface area contributed by atoms with Gasteiger partial charge in [0, 0.05) is 18.7 Å². The van der Waals surface area contributed by atoms with Gasteiger partial charge in [0.25, 0.3) is 0 Å². The summed E-state index contributed by atoms with van der Waals surface area (Å²) >= 11 is 0. The molecule has 2 heteroatoms. The van der Waals surface area contributed by atoms with Crippen LogP contribution in [0.4, 0.5) is 0 Å². The van der Waals surface area contributed by atoms with Gasteiger partial charge in [-0.2, -0.15) is 0 Å². The van der Waals surface area contributed by atoms with E-state index in [9.17, 15) is 0 Å². The molecular weight excluding hydrogens is 186 g/mol. The Hall–Kier alpha value is -1.02. The van der Waals surface area contributed by atoms with Gasteiger partial charge in [-0.3, -0.25) is 0 Å². The SMILES string of the molecule is CCC(C)c1ccc2c(c1)CNCCO2. The molecule has 1 aromatic rings. The van der Waals surface area contributed by atoms with Crippen molar-refractivity contribution in [2.24, 2.45) is 0 Å². The molecule has 1 aliphatic heterocycles. The van der Waals surface area contributed by atoms with E-state index in [2.05, 4.69) is 37.4 Å². The summed E-state index contributed by atoms with van der Waals surface area (Å²) in [5.41, 5.74) is 2.72. The monoisotopic (exact) mass is 205 g/mol. The molecule has 0 aliphatic carbocycles. The highest BCUT2D eigenvalue weighted by Crippen LogP contribution is 2.26. The molecule has 0 saturated heterocycles. The Morgan fingerprint density at radius 1 is 1.47 bits per heavy atom. The molecule has 2 nitrogen and oxygen atoms in total. The molecule has 1 atom stereocenters. The lowest BCUT2D eigenvalue weighted by Crippen LogP contribution is -2.16. The molecule has 1 unspecified atom stereocenters. The van der Waals surface area contributed by atoms with Crippen LogP contribution in [0.15, 0.2) is 18.2 Å². The Morgan fingerprint density at radius 2 is 2.33 bits per heavy atom. The lowest BCUT2D eigenvalue weighted by Gasteiger charge is -2.12. The van der Waals surface area contributed by atoms with Gasteiger partial charge >= 0.3 is 0 Å². The quantitative estimate of drug-likeness (QED) is 0.801. The maximum atomic E-state index is 5.65. The molecule has 0 bridgehead atoms. The van der Waals surface area contributed by atoms with Crippen molar-refractivity contribution in [1.82, 2.24) is 5.32 Å². The van der Waals surface area contributed by atoms with E-state index in [1.54, 1.807) is 0 Å². The Morgan fingerprint density at radius 3 is 3.13 bits per heavy atom. The first-order chi connectivity index (χ1) is 7.31. The van der Waals surface area contributed by atoms with Crippen molar-refractivity contribution in [2.45, 2.75) is 32.7 Å². The van der Waals surface area contributed by atoms with Crippen molar-refractivity contribution in [2.75, 3.05) is 13.2 Å². The van der Waals surface area contributed by atoms with Gasteiger partial charge in [0.15, 0.2) is 0 Å². The predicted molar refractivity (Wildman–Crippen MR) is 62.3 cm³/mol. The van der Waals surface area contributed by atoms with E-state index in [1.807, 2.05) is 0 Å². The van der Waals surface area contributed by atoms with Crippen LogP contribution in [0, 0.1) is 0 Å². The zero-order valence-corrected chi connectivity index (χ0v) is 9.55. The summed E-state index contributed by atoms with van der Waals surface area (Å²) in [7, 11) is 0. The maximum Gasteiger partial charge on any atom is 0.123 e. The second kappa shape index (κ2) is 4.67. The average Bonchev–Trinajstić information content (AvgIpc) is 2.51. The van der Waals surface area contributed by atoms with E-state index in [0.29, 0.717) is 5.92 Å². The second-order valence-corrected chi connectivity index (χ2v) is 4.20. The zero-order chi connectivity index (χ0) is 10.7. The molecule has 2 rings (SSSR count). The fourth-order valence-corrected chi connectivity index (χ4v) is 1.88. The van der Waals surface area contributed by atoms with Crippen molar-refractivity contribution in [3.05, 3.63) is 29.3 Å². The molecule has 1 aromatic carbocycles. The van der Waals surface area contributed by atoms with E-state index < -0.39 is 0 Å². The molecular formula is C13H19NO. The van der Waals surface area contributed by atoms with Gasteiger partial charge in [-0.15, -0.1) is 0 Å². The smallest absolute Gasteiger partial charge is 0.123 e. The van der Waals surface area contributed by atoms with E-state index in [1.165, 1.54) is 17.5 Å². The second-order valence-electron chi connectivity index (χ2n) is 4.20. The molecule has 82 valence electrons. The summed E-state index contributed by atoms with van der Waals surface area (Å²) in [5, 5.41) is 3.36. The highest BCUT2D eigenvalue weighted by molar-refractivity contribution is 5.38. The van der Waals surface area contributed by atoms with Gasteiger partial charge < -0.3 is 10.1 Å². The molecule has 0 spiro atoms. The van der Waals surface area contributed by atoms with Crippen LogP contribution in [0.2, 0.25) is 0 Å². The third-order valence-corrected chi connectivity index (χ3v) is 3.12. The van der Waals surface area contributed by atoms with Gasteiger partial charge in [-0.1, -0.05) is 26.0 Å². The normalized spacial score (nSPS) is 17.5. The minimum Gasteiger partial charge on any atom is -0.492 e. The van der Waals surface area contributed by atoms with Crippen LogP contribution in [0.1, 0.15) is 37.3 Å². The molecule has 1 N–H and O–H groups in total. The number of rotatable bonds is 2. The summed E-state index contributed by atoms with van der Waals surface area (Å²) in [6.45, 7) is 7.14. The standard InChI is InChI=1S/C13H19NO/c1-3-10(2)11-4-5-13-12(8-11)9-14-6-7-15-13/h4-5,8,10,14H,3,6-7,9H2,1-2H3. The van der Waals surface area contributed by atoms with Crippen LogP contribution in [-0.4, -0.2) is 13.2 Å². The lowest BCUT2D eigenvalue weighted by molar-refractivity contribution is 0.325. The van der Waals surface area contributed by atoms with E-state index >= 15 is 0 Å². The van der Waals surface area contributed by atoms with E-state index in [4.69, 9.17) is 4.74 Å². The third-order valence-electron chi connectivity index (χ3n) is 3.12. The third kappa shape index (κ3) is 2.32. The van der Waals surface area contributed by atoms with Crippen LogP contribution in [0.25, 0.3) is 0 Å². The van der Waals surface area contributed by atoms with Crippen molar-refractivity contribution >= 4 is 0 Å². The first kappa shape index (κ1) is 10.5. The van der Waals surface area contributed by atoms with E-state index in [-0.39, 0.29) is 0 Å². The summed E-state index contributed by atoms with van der Waals surface area (Å²) in [6.07, 6.45) is 1.19. The summed E-state index contributed by atoms with van der Waals surface area (Å²) < 4.78 is 5.65. The van der Waals surface area contributed by atoms with Crippen molar-refractivity contribution < 1.29 is 4.74 Å². The number of nitrogens with one attached hydrogen (secondary N) is 1. The predicted octanol–water partition coefficient (Wildman–Crippen LogP) is 2.68. The number of hydrogen-bond donors (Lipinski definition) is 1. The van der Waals surface area contributed by atoms with Crippen molar-refractivity contribution in [3.63, 3.8) is 0 Å². The topological polar surface area (TPSA) is 21.3 Å². The Labute approximate surface area is 91.6 Å². The highest BCUT2D eigenvalue weighted by Gasteiger charge is 2.10. The lowest BCUT2D eigenvalue weighted by atomic mass is 9.96. The molecule has 1 heterocycles. The summed E-state index contributed by atoms with van der Waals surface area (Å²) in [6, 6.07) is 6.59. The molecule has 0 aromatic heterocycles. The van der Waals surface area contributed by atoms with Crippen LogP contribution >= 0.6 is 0 Å². The first-order valence-corrected chi connectivity index (χ1v) is 5.77. The molecule has 1 aliphatic rings. The first-order valence-electron chi connectivity index (χ1n) is 5.77. The Bertz CT molecular complexity index is 335. The fraction of sp³-hybridized carbons (Fsp3) is 0.538. The van der Waals surface area contributed by atoms with Crippen LogP contribution in [-0.2, 0) is 6.54 Å². The molecule has 0 radical (unpaired) electrons. The molecule has 15 heavy (non-hydrogen) atoms. The van der Waals surface area contributed by atoms with Gasteiger partial charge in [0.05, 0.1) is 0 Å². The minimum absolute atomic E-state index is 0.638. The largest absolute Gasteiger partial charge is 0.492 e. The minimum atomic E-state index is 0.638. The van der Waals surface area contributed by atoms with Crippen LogP contribution < -0.4 is 10.1 Å². The Kier molecular flexibility index (Phi) is 3.27. The van der Waals surface area contributed by atoms with E-state index in [0.717, 1.165) is 25.4 Å². The van der Waals surface area contributed by atoms with Crippen molar-refractivity contribution in [3.8, 4) is 5.75 Å². The van der Waals surface area contributed by atoms with Gasteiger partial charge in [-0.05, 0) is 24.0 Å². The molecule has 0 saturated carbocycles. The van der Waals surface area contributed by atoms with Gasteiger partial charge in [0.1, 0.15) is 12.4 Å². The average molecular weight is 205 g/mol. The number of benzene rings is 1.